The first-order valence-electron chi connectivity index (χ1n) is 8.02. The molecule has 0 aliphatic rings. The van der Waals surface area contributed by atoms with Crippen molar-refractivity contribution in [2.24, 2.45) is 0 Å². The molecule has 2 rings (SSSR count). The quantitative estimate of drug-likeness (QED) is 0.841. The first-order valence-corrected chi connectivity index (χ1v) is 8.02. The fraction of sp³-hybridized carbons (Fsp3) is 0.300. The first kappa shape index (κ1) is 18.5. The molecule has 132 valence electrons. The van der Waals surface area contributed by atoms with E-state index in [9.17, 15) is 9.59 Å². The molecule has 0 aliphatic carbocycles. The van der Waals surface area contributed by atoms with Crippen LogP contribution in [0.1, 0.15) is 36.7 Å². The van der Waals surface area contributed by atoms with Gasteiger partial charge in [0.2, 0.25) is 0 Å². The minimum absolute atomic E-state index is 0.0814. The average molecular weight is 341 g/mol. The van der Waals surface area contributed by atoms with Crippen LogP contribution >= 0.6 is 0 Å². The number of benzene rings is 2. The van der Waals surface area contributed by atoms with Crippen LogP contribution in [-0.2, 0) is 14.9 Å². The predicted octanol–water partition coefficient (Wildman–Crippen LogP) is 3.79. The molecule has 0 fully saturated rings. The number of carbonyl (C=O) groups excluding carboxylic acids is 2. The van der Waals surface area contributed by atoms with Crippen molar-refractivity contribution in [2.75, 3.05) is 19.0 Å². The Kier molecular flexibility index (Phi) is 5.80. The molecule has 0 saturated heterocycles. The fourth-order valence-electron chi connectivity index (χ4n) is 2.39. The molecular weight excluding hydrogens is 318 g/mol. The van der Waals surface area contributed by atoms with Crippen molar-refractivity contribution in [1.29, 1.82) is 0 Å². The molecule has 25 heavy (non-hydrogen) atoms. The van der Waals surface area contributed by atoms with Crippen LogP contribution in [0.3, 0.4) is 0 Å². The van der Waals surface area contributed by atoms with E-state index in [1.165, 1.54) is 7.11 Å². The third-order valence-electron chi connectivity index (χ3n) is 3.62. The van der Waals surface area contributed by atoms with Crippen molar-refractivity contribution in [3.8, 4) is 5.75 Å². The molecule has 0 aromatic heterocycles. The zero-order valence-corrected chi connectivity index (χ0v) is 15.0. The number of hydrogen-bond acceptors (Lipinski definition) is 4. The Bertz CT molecular complexity index is 762. The molecule has 5 heteroatoms. The van der Waals surface area contributed by atoms with E-state index in [0.29, 0.717) is 17.0 Å². The van der Waals surface area contributed by atoms with Gasteiger partial charge in [-0.25, -0.2) is 4.79 Å². The van der Waals surface area contributed by atoms with Crippen molar-refractivity contribution < 1.29 is 19.1 Å². The van der Waals surface area contributed by atoms with E-state index < -0.39 is 5.97 Å². The number of anilines is 1. The van der Waals surface area contributed by atoms with E-state index in [4.69, 9.17) is 4.74 Å². The van der Waals surface area contributed by atoms with Crippen LogP contribution in [0.2, 0.25) is 0 Å². The highest BCUT2D eigenvalue weighted by Crippen LogP contribution is 2.30. The second-order valence-electron chi connectivity index (χ2n) is 6.66. The van der Waals surface area contributed by atoms with E-state index in [1.54, 1.807) is 24.3 Å². The number of para-hydroxylation sites is 1. The summed E-state index contributed by atoms with van der Waals surface area (Å²) in [7, 11) is 1.31. The highest BCUT2D eigenvalue weighted by atomic mass is 16.5. The Labute approximate surface area is 148 Å². The summed E-state index contributed by atoms with van der Waals surface area (Å²) in [4.78, 5) is 23.7. The van der Waals surface area contributed by atoms with Gasteiger partial charge < -0.3 is 14.8 Å². The second-order valence-corrected chi connectivity index (χ2v) is 6.66. The highest BCUT2D eigenvalue weighted by molar-refractivity contribution is 5.95. The van der Waals surface area contributed by atoms with Gasteiger partial charge in [0, 0.05) is 5.69 Å². The van der Waals surface area contributed by atoms with Crippen LogP contribution in [-0.4, -0.2) is 25.6 Å². The summed E-state index contributed by atoms with van der Waals surface area (Å²) in [6, 6.07) is 14.2. The molecule has 0 radical (unpaired) electrons. The van der Waals surface area contributed by atoms with Crippen molar-refractivity contribution in [2.45, 2.75) is 26.2 Å². The van der Waals surface area contributed by atoms with Gasteiger partial charge in [-0.2, -0.15) is 0 Å². The Balaban J connectivity index is 2.02. The molecule has 0 heterocycles. The third kappa shape index (κ3) is 5.08. The highest BCUT2D eigenvalue weighted by Gasteiger charge is 2.19. The second kappa shape index (κ2) is 7.83. The number of esters is 1. The van der Waals surface area contributed by atoms with Gasteiger partial charge in [0.05, 0.1) is 12.7 Å². The van der Waals surface area contributed by atoms with Crippen LogP contribution in [0.4, 0.5) is 5.69 Å². The molecule has 0 atom stereocenters. The maximum absolute atomic E-state index is 12.1. The van der Waals surface area contributed by atoms with E-state index in [2.05, 4.69) is 30.8 Å². The zero-order chi connectivity index (χ0) is 18.4. The molecule has 0 unspecified atom stereocenters. The number of ether oxygens (including phenoxy) is 2. The molecule has 1 N–H and O–H groups in total. The van der Waals surface area contributed by atoms with Crippen molar-refractivity contribution in [1.82, 2.24) is 0 Å². The molecule has 0 spiro atoms. The van der Waals surface area contributed by atoms with Gasteiger partial charge in [-0.05, 0) is 35.2 Å². The minimum Gasteiger partial charge on any atom is -0.483 e. The lowest BCUT2D eigenvalue weighted by Crippen LogP contribution is -2.22. The van der Waals surface area contributed by atoms with E-state index in [0.717, 1.165) is 5.56 Å². The van der Waals surface area contributed by atoms with Crippen molar-refractivity contribution in [3.05, 3.63) is 59.7 Å². The lowest BCUT2D eigenvalue weighted by Gasteiger charge is -2.22. The topological polar surface area (TPSA) is 64.6 Å². The summed E-state index contributed by atoms with van der Waals surface area (Å²) in [6.07, 6.45) is 0. The van der Waals surface area contributed by atoms with Crippen LogP contribution in [0.5, 0.6) is 5.75 Å². The lowest BCUT2D eigenvalue weighted by molar-refractivity contribution is -0.118. The summed E-state index contributed by atoms with van der Waals surface area (Å²) >= 11 is 0. The maximum atomic E-state index is 12.1. The van der Waals surface area contributed by atoms with Crippen LogP contribution in [0.25, 0.3) is 0 Å². The third-order valence-corrected chi connectivity index (χ3v) is 3.62. The van der Waals surface area contributed by atoms with E-state index in [-0.39, 0.29) is 17.9 Å². The maximum Gasteiger partial charge on any atom is 0.337 e. The van der Waals surface area contributed by atoms with Gasteiger partial charge in [-0.15, -0.1) is 0 Å². The van der Waals surface area contributed by atoms with Crippen molar-refractivity contribution in [3.63, 3.8) is 0 Å². The fourth-order valence-corrected chi connectivity index (χ4v) is 2.39. The normalized spacial score (nSPS) is 10.9. The van der Waals surface area contributed by atoms with E-state index in [1.807, 2.05) is 24.3 Å². The number of carbonyl (C=O) groups is 2. The Morgan fingerprint density at radius 2 is 1.76 bits per heavy atom. The Hall–Kier alpha value is -2.82. The van der Waals surface area contributed by atoms with E-state index >= 15 is 0 Å². The SMILES string of the molecule is COC(=O)c1cccc(NC(=O)COc2ccccc2C(C)(C)C)c1. The molecule has 0 saturated carbocycles. The largest absolute Gasteiger partial charge is 0.483 e. The zero-order valence-electron chi connectivity index (χ0n) is 15.0. The van der Waals surface area contributed by atoms with Crippen molar-refractivity contribution >= 4 is 17.6 Å². The summed E-state index contributed by atoms with van der Waals surface area (Å²) in [5.74, 6) is -0.0642. The predicted molar refractivity (Wildman–Crippen MR) is 97.0 cm³/mol. The smallest absolute Gasteiger partial charge is 0.337 e. The number of hydrogen-bond donors (Lipinski definition) is 1. The van der Waals surface area contributed by atoms with Crippen LogP contribution in [0, 0.1) is 0 Å². The molecule has 1 amide bonds. The number of amides is 1. The number of rotatable bonds is 5. The number of nitrogens with one attached hydrogen (secondary N) is 1. The summed E-state index contributed by atoms with van der Waals surface area (Å²) in [6.45, 7) is 6.16. The molecule has 2 aromatic rings. The summed E-state index contributed by atoms with van der Waals surface area (Å²) in [5.41, 5.74) is 1.84. The summed E-state index contributed by atoms with van der Waals surface area (Å²) < 4.78 is 10.4. The number of methoxy groups -OCH3 is 1. The molecule has 5 nitrogen and oxygen atoms in total. The molecule has 0 aliphatic heterocycles. The lowest BCUT2D eigenvalue weighted by atomic mass is 9.86. The minimum atomic E-state index is -0.452. The van der Waals surface area contributed by atoms with Crippen LogP contribution in [0.15, 0.2) is 48.5 Å². The average Bonchev–Trinajstić information content (AvgIpc) is 2.59. The monoisotopic (exact) mass is 341 g/mol. The standard InChI is InChI=1S/C20H23NO4/c1-20(2,3)16-10-5-6-11-17(16)25-13-18(22)21-15-9-7-8-14(12-15)19(23)24-4/h5-12H,13H2,1-4H3,(H,21,22). The van der Waals surface area contributed by atoms with Gasteiger partial charge in [-0.1, -0.05) is 45.0 Å². The molecule has 0 bridgehead atoms. The summed E-state index contributed by atoms with van der Waals surface area (Å²) in [5, 5.41) is 2.72. The van der Waals surface area contributed by atoms with Gasteiger partial charge in [-0.3, -0.25) is 4.79 Å². The van der Waals surface area contributed by atoms with Gasteiger partial charge >= 0.3 is 5.97 Å². The van der Waals surface area contributed by atoms with Gasteiger partial charge in [0.25, 0.3) is 5.91 Å². The van der Waals surface area contributed by atoms with Crippen LogP contribution < -0.4 is 10.1 Å². The Morgan fingerprint density at radius 3 is 2.44 bits per heavy atom. The van der Waals surface area contributed by atoms with Gasteiger partial charge in [0.15, 0.2) is 6.61 Å². The molecular formula is C20H23NO4. The Morgan fingerprint density at radius 1 is 1.04 bits per heavy atom. The first-order chi connectivity index (χ1) is 11.8. The van der Waals surface area contributed by atoms with Gasteiger partial charge in [0.1, 0.15) is 5.75 Å². The molecule has 2 aromatic carbocycles.